The van der Waals surface area contributed by atoms with E-state index in [0.717, 1.165) is 22.3 Å². The molecule has 0 saturated carbocycles. The zero-order valence-electron chi connectivity index (χ0n) is 17.3. The maximum atomic E-state index is 12.4. The second-order valence-electron chi connectivity index (χ2n) is 7.68. The molecule has 2 aromatic rings. The van der Waals surface area contributed by atoms with Gasteiger partial charge in [-0.3, -0.25) is 9.59 Å². The normalized spacial score (nSPS) is 16.9. The molecular formula is C23H22N2O7. The first-order valence-corrected chi connectivity index (χ1v) is 10.2. The Morgan fingerprint density at radius 1 is 1.03 bits per heavy atom. The van der Waals surface area contributed by atoms with Crippen LogP contribution in [0.2, 0.25) is 0 Å². The van der Waals surface area contributed by atoms with Gasteiger partial charge in [-0.1, -0.05) is 48.5 Å². The molecule has 0 unspecified atom stereocenters. The third-order valence-electron chi connectivity index (χ3n) is 5.54. The summed E-state index contributed by atoms with van der Waals surface area (Å²) < 4.78 is 5.37. The summed E-state index contributed by atoms with van der Waals surface area (Å²) in [5.41, 5.74) is 4.20. The fourth-order valence-electron chi connectivity index (χ4n) is 3.95. The Labute approximate surface area is 183 Å². The summed E-state index contributed by atoms with van der Waals surface area (Å²) in [6.45, 7) is 1.29. The van der Waals surface area contributed by atoms with E-state index >= 15 is 0 Å². The third kappa shape index (κ3) is 4.06. The molecule has 1 saturated heterocycles. The number of hydrogen-bond donors (Lipinski definition) is 2. The number of fused-ring (bicyclic) bond motifs is 3. The van der Waals surface area contributed by atoms with Crippen molar-refractivity contribution in [3.63, 3.8) is 0 Å². The molecule has 2 aromatic carbocycles. The highest BCUT2D eigenvalue weighted by Crippen LogP contribution is 2.44. The molecule has 1 heterocycles. The average Bonchev–Trinajstić information content (AvgIpc) is 3.27. The molecule has 4 rings (SSSR count). The minimum Gasteiger partial charge on any atom is -0.449 e. The van der Waals surface area contributed by atoms with Gasteiger partial charge in [0.05, 0.1) is 6.10 Å². The molecule has 0 aromatic heterocycles. The highest BCUT2D eigenvalue weighted by Gasteiger charge is 2.37. The number of benzene rings is 2. The van der Waals surface area contributed by atoms with Crippen molar-refractivity contribution in [3.05, 3.63) is 59.7 Å². The van der Waals surface area contributed by atoms with Gasteiger partial charge in [-0.2, -0.15) is 0 Å². The monoisotopic (exact) mass is 438 g/mol. The van der Waals surface area contributed by atoms with Crippen LogP contribution in [0, 0.1) is 0 Å². The molecule has 166 valence electrons. The lowest BCUT2D eigenvalue weighted by Crippen LogP contribution is -2.51. The van der Waals surface area contributed by atoms with Gasteiger partial charge in [0.15, 0.2) is 6.04 Å². The number of carbonyl (C=O) groups is 4. The molecule has 1 fully saturated rings. The van der Waals surface area contributed by atoms with Crippen LogP contribution in [0.25, 0.3) is 11.1 Å². The Morgan fingerprint density at radius 2 is 1.56 bits per heavy atom. The van der Waals surface area contributed by atoms with Crippen molar-refractivity contribution in [3.8, 4) is 11.1 Å². The molecule has 0 spiro atoms. The predicted octanol–water partition coefficient (Wildman–Crippen LogP) is 1.88. The summed E-state index contributed by atoms with van der Waals surface area (Å²) in [6, 6.07) is 14.2. The fraction of sp³-hybridized carbons (Fsp3) is 0.304. The lowest BCUT2D eigenvalue weighted by molar-refractivity contribution is -0.200. The number of aliphatic hydroxyl groups excluding tert-OH is 1. The van der Waals surface area contributed by atoms with E-state index < -0.39 is 36.0 Å². The molecule has 32 heavy (non-hydrogen) atoms. The first kappa shape index (κ1) is 21.5. The van der Waals surface area contributed by atoms with Crippen LogP contribution in [0.15, 0.2) is 48.5 Å². The van der Waals surface area contributed by atoms with Crippen LogP contribution in [0.3, 0.4) is 0 Å². The van der Waals surface area contributed by atoms with E-state index in [4.69, 9.17) is 9.57 Å². The van der Waals surface area contributed by atoms with Gasteiger partial charge >= 0.3 is 12.1 Å². The molecule has 0 bridgehead atoms. The van der Waals surface area contributed by atoms with E-state index in [1.807, 2.05) is 48.5 Å². The minimum absolute atomic E-state index is 0.0184. The summed E-state index contributed by atoms with van der Waals surface area (Å²) >= 11 is 0. The van der Waals surface area contributed by atoms with Crippen LogP contribution in [-0.2, 0) is 24.0 Å². The topological polar surface area (TPSA) is 122 Å². The third-order valence-corrected chi connectivity index (χ3v) is 5.54. The maximum absolute atomic E-state index is 12.4. The smallest absolute Gasteiger partial charge is 0.407 e. The lowest BCUT2D eigenvalue weighted by atomic mass is 9.98. The molecule has 1 aliphatic heterocycles. The van der Waals surface area contributed by atoms with Gasteiger partial charge in [-0.15, -0.1) is 5.06 Å². The Bertz CT molecular complexity index is 1020. The van der Waals surface area contributed by atoms with Gasteiger partial charge in [0.25, 0.3) is 11.8 Å². The van der Waals surface area contributed by atoms with Gasteiger partial charge in [0, 0.05) is 18.8 Å². The predicted molar refractivity (Wildman–Crippen MR) is 111 cm³/mol. The molecule has 9 heteroatoms. The highest BCUT2D eigenvalue weighted by molar-refractivity contribution is 6.02. The summed E-state index contributed by atoms with van der Waals surface area (Å²) in [4.78, 5) is 52.8. The quantitative estimate of drug-likeness (QED) is 0.661. The molecule has 2 atom stereocenters. The number of carbonyl (C=O) groups excluding carboxylic acids is 4. The number of hydrogen-bond acceptors (Lipinski definition) is 7. The first-order chi connectivity index (χ1) is 15.4. The average molecular weight is 438 g/mol. The van der Waals surface area contributed by atoms with Gasteiger partial charge in [-0.05, 0) is 29.2 Å². The van der Waals surface area contributed by atoms with Crippen molar-refractivity contribution in [2.24, 2.45) is 0 Å². The number of rotatable bonds is 6. The van der Waals surface area contributed by atoms with Crippen molar-refractivity contribution >= 4 is 23.9 Å². The SMILES string of the molecule is C[C@H](O)[C@@H](NC(=O)OCC1c2ccccc2-c2ccccc21)C(=O)ON1C(=O)CCC1=O. The zero-order chi connectivity index (χ0) is 22.8. The van der Waals surface area contributed by atoms with E-state index in [-0.39, 0.29) is 25.4 Å². The number of imide groups is 1. The van der Waals surface area contributed by atoms with Crippen molar-refractivity contribution in [2.45, 2.75) is 37.8 Å². The number of nitrogens with zero attached hydrogens (tertiary/aromatic N) is 1. The molecule has 0 radical (unpaired) electrons. The standard InChI is InChI=1S/C23H22N2O7/c1-13(26)21(22(29)32-25-19(27)10-11-20(25)28)24-23(30)31-12-18-16-8-4-2-6-14(16)15-7-3-5-9-17(15)18/h2-9,13,18,21,26H,10-12H2,1H3,(H,24,30)/t13-,21+/m0/s1. The van der Waals surface area contributed by atoms with Gasteiger partial charge in [0.2, 0.25) is 0 Å². The Balaban J connectivity index is 1.41. The number of ether oxygens (including phenoxy) is 1. The number of amides is 3. The van der Waals surface area contributed by atoms with E-state index in [1.165, 1.54) is 6.92 Å². The summed E-state index contributed by atoms with van der Waals surface area (Å²) in [5, 5.41) is 12.5. The number of aliphatic hydroxyl groups is 1. The second-order valence-corrected chi connectivity index (χ2v) is 7.68. The van der Waals surface area contributed by atoms with Gasteiger partial charge < -0.3 is 20.0 Å². The van der Waals surface area contributed by atoms with Crippen LogP contribution in [0.4, 0.5) is 4.79 Å². The Morgan fingerprint density at radius 3 is 2.09 bits per heavy atom. The van der Waals surface area contributed by atoms with Crippen molar-refractivity contribution in [1.29, 1.82) is 0 Å². The van der Waals surface area contributed by atoms with Crippen LogP contribution in [-0.4, -0.2) is 52.8 Å². The number of alkyl carbamates (subject to hydrolysis) is 1. The fourth-order valence-corrected chi connectivity index (χ4v) is 3.95. The van der Waals surface area contributed by atoms with E-state index in [9.17, 15) is 24.3 Å². The van der Waals surface area contributed by atoms with E-state index in [2.05, 4.69) is 5.32 Å². The van der Waals surface area contributed by atoms with Gasteiger partial charge in [-0.25, -0.2) is 9.59 Å². The maximum Gasteiger partial charge on any atom is 0.407 e. The zero-order valence-corrected chi connectivity index (χ0v) is 17.3. The summed E-state index contributed by atoms with van der Waals surface area (Å²) in [7, 11) is 0. The van der Waals surface area contributed by atoms with Gasteiger partial charge in [0.1, 0.15) is 6.61 Å². The van der Waals surface area contributed by atoms with E-state index in [1.54, 1.807) is 0 Å². The molecule has 9 nitrogen and oxygen atoms in total. The van der Waals surface area contributed by atoms with Crippen molar-refractivity contribution in [2.75, 3.05) is 6.61 Å². The number of nitrogens with one attached hydrogen (secondary N) is 1. The van der Waals surface area contributed by atoms with Crippen molar-refractivity contribution < 1.29 is 33.9 Å². The Kier molecular flexibility index (Phi) is 5.91. The van der Waals surface area contributed by atoms with Crippen LogP contribution in [0.5, 0.6) is 0 Å². The van der Waals surface area contributed by atoms with Crippen LogP contribution in [0.1, 0.15) is 36.8 Å². The molecule has 1 aliphatic carbocycles. The highest BCUT2D eigenvalue weighted by atomic mass is 16.7. The van der Waals surface area contributed by atoms with Crippen LogP contribution < -0.4 is 5.32 Å². The second kappa shape index (κ2) is 8.80. The molecular weight excluding hydrogens is 416 g/mol. The summed E-state index contributed by atoms with van der Waals surface area (Å²) in [6.07, 6.45) is -2.42. The Hall–Kier alpha value is -3.72. The largest absolute Gasteiger partial charge is 0.449 e. The molecule has 2 N–H and O–H groups in total. The molecule has 3 amide bonds. The van der Waals surface area contributed by atoms with Crippen molar-refractivity contribution in [1.82, 2.24) is 10.4 Å². The van der Waals surface area contributed by atoms with E-state index in [0.29, 0.717) is 5.06 Å². The first-order valence-electron chi connectivity index (χ1n) is 10.2. The molecule has 2 aliphatic rings. The lowest BCUT2D eigenvalue weighted by Gasteiger charge is -2.22. The summed E-state index contributed by atoms with van der Waals surface area (Å²) in [5.74, 6) is -2.63. The minimum atomic E-state index is -1.52. The number of hydroxylamine groups is 2. The van der Waals surface area contributed by atoms with Crippen LogP contribution >= 0.6 is 0 Å².